The van der Waals surface area contributed by atoms with E-state index in [-0.39, 0.29) is 48.9 Å². The minimum absolute atomic E-state index is 0.0347. The molecule has 1 fully saturated rings. The van der Waals surface area contributed by atoms with Crippen molar-refractivity contribution in [3.8, 4) is 17.7 Å². The van der Waals surface area contributed by atoms with Gasteiger partial charge in [0.25, 0.3) is 5.91 Å². The second-order valence-electron chi connectivity index (χ2n) is 9.40. The van der Waals surface area contributed by atoms with Crippen LogP contribution in [0.15, 0.2) is 12.3 Å². The van der Waals surface area contributed by atoms with E-state index in [0.717, 1.165) is 12.8 Å². The molecule has 1 aromatic rings. The predicted octanol–water partition coefficient (Wildman–Crippen LogP) is 1.06. The first-order valence-corrected chi connectivity index (χ1v) is 11.7. The first-order valence-electron chi connectivity index (χ1n) is 11.7. The molecule has 34 heavy (non-hydrogen) atoms. The van der Waals surface area contributed by atoms with Crippen LogP contribution in [-0.4, -0.2) is 95.0 Å². The fraction of sp³-hybridized carbons (Fsp3) is 0.640. The van der Waals surface area contributed by atoms with Crippen molar-refractivity contribution in [3.63, 3.8) is 0 Å². The largest absolute Gasteiger partial charge is 0.472 e. The number of rotatable bonds is 6. The molecular formula is C25H35N3O6. The van der Waals surface area contributed by atoms with Gasteiger partial charge in [-0.25, -0.2) is 4.98 Å². The summed E-state index contributed by atoms with van der Waals surface area (Å²) >= 11 is 0. The van der Waals surface area contributed by atoms with E-state index < -0.39 is 17.7 Å². The molecule has 1 aromatic heterocycles. The number of methoxy groups -OCH3 is 1. The summed E-state index contributed by atoms with van der Waals surface area (Å²) < 4.78 is 11.1. The highest BCUT2D eigenvalue weighted by Crippen LogP contribution is 2.30. The third-order valence-corrected chi connectivity index (χ3v) is 6.54. The minimum Gasteiger partial charge on any atom is -0.472 e. The normalized spacial score (nSPS) is 22.5. The number of aliphatic hydroxyl groups excluding tert-OH is 1. The fourth-order valence-electron chi connectivity index (χ4n) is 4.27. The summed E-state index contributed by atoms with van der Waals surface area (Å²) in [6.45, 7) is 4.12. The Kier molecular flexibility index (Phi) is 8.52. The number of ether oxygens (including phenoxy) is 2. The molecule has 2 aliphatic rings. The Hall–Kier alpha value is -2.67. The Morgan fingerprint density at radius 2 is 2.15 bits per heavy atom. The summed E-state index contributed by atoms with van der Waals surface area (Å²) in [4.78, 5) is 33.2. The lowest BCUT2D eigenvalue weighted by molar-refractivity contribution is -0.135. The van der Waals surface area contributed by atoms with Crippen LogP contribution in [0, 0.1) is 17.8 Å². The van der Waals surface area contributed by atoms with Crippen molar-refractivity contribution in [2.75, 3.05) is 40.5 Å². The number of carbonyl (C=O) groups excluding carboxylic acids is 2. The van der Waals surface area contributed by atoms with Crippen LogP contribution in [0.2, 0.25) is 0 Å². The SMILES string of the molecule is COCC(=O)N(C)C[C@H]1Oc2ncc(C#CC3(O)CCCC3)cc2C(=O)N([C@@H](C)CO)C[C@@H]1C. The zero-order valence-electron chi connectivity index (χ0n) is 20.4. The van der Waals surface area contributed by atoms with Crippen LogP contribution in [0.3, 0.4) is 0 Å². The molecule has 2 amide bonds. The van der Waals surface area contributed by atoms with Gasteiger partial charge in [0, 0.05) is 38.4 Å². The van der Waals surface area contributed by atoms with Gasteiger partial charge in [-0.2, -0.15) is 0 Å². The Balaban J connectivity index is 1.95. The van der Waals surface area contributed by atoms with Gasteiger partial charge < -0.3 is 29.5 Å². The zero-order valence-corrected chi connectivity index (χ0v) is 20.4. The summed E-state index contributed by atoms with van der Waals surface area (Å²) in [7, 11) is 3.14. The van der Waals surface area contributed by atoms with E-state index in [4.69, 9.17) is 9.47 Å². The number of amides is 2. The molecule has 0 saturated heterocycles. The molecule has 0 aromatic carbocycles. The second kappa shape index (κ2) is 11.2. The lowest BCUT2D eigenvalue weighted by Gasteiger charge is -2.37. The van der Waals surface area contributed by atoms with Gasteiger partial charge in [0.15, 0.2) is 0 Å². The van der Waals surface area contributed by atoms with Crippen molar-refractivity contribution >= 4 is 11.8 Å². The number of pyridine rings is 1. The molecule has 186 valence electrons. The summed E-state index contributed by atoms with van der Waals surface area (Å²) in [5.74, 6) is 5.45. The van der Waals surface area contributed by atoms with Gasteiger partial charge in [-0.05, 0) is 38.7 Å². The van der Waals surface area contributed by atoms with Crippen molar-refractivity contribution in [2.24, 2.45) is 5.92 Å². The van der Waals surface area contributed by atoms with Crippen LogP contribution >= 0.6 is 0 Å². The van der Waals surface area contributed by atoms with E-state index in [0.29, 0.717) is 24.9 Å². The summed E-state index contributed by atoms with van der Waals surface area (Å²) in [5, 5.41) is 20.3. The van der Waals surface area contributed by atoms with Crippen molar-refractivity contribution in [2.45, 2.75) is 57.3 Å². The summed E-state index contributed by atoms with van der Waals surface area (Å²) in [5.41, 5.74) is -0.249. The minimum atomic E-state index is -0.998. The lowest BCUT2D eigenvalue weighted by atomic mass is 9.99. The number of hydrogen-bond donors (Lipinski definition) is 2. The first kappa shape index (κ1) is 25.9. The summed E-state index contributed by atoms with van der Waals surface area (Å²) in [6, 6.07) is 1.21. The third kappa shape index (κ3) is 6.06. The molecule has 9 nitrogen and oxygen atoms in total. The van der Waals surface area contributed by atoms with Gasteiger partial charge in [0.2, 0.25) is 11.8 Å². The number of aliphatic hydroxyl groups is 2. The van der Waals surface area contributed by atoms with Crippen LogP contribution in [-0.2, 0) is 9.53 Å². The molecule has 0 unspecified atom stereocenters. The molecule has 9 heteroatoms. The monoisotopic (exact) mass is 473 g/mol. The fourth-order valence-corrected chi connectivity index (χ4v) is 4.27. The highest BCUT2D eigenvalue weighted by Gasteiger charge is 2.35. The third-order valence-electron chi connectivity index (χ3n) is 6.54. The number of aromatic nitrogens is 1. The van der Waals surface area contributed by atoms with Gasteiger partial charge >= 0.3 is 0 Å². The Morgan fingerprint density at radius 1 is 1.44 bits per heavy atom. The number of fused-ring (bicyclic) bond motifs is 1. The average molecular weight is 474 g/mol. The molecule has 0 spiro atoms. The maximum absolute atomic E-state index is 13.4. The molecule has 3 rings (SSSR count). The van der Waals surface area contributed by atoms with Crippen LogP contribution in [0.1, 0.15) is 55.5 Å². The van der Waals surface area contributed by atoms with E-state index in [9.17, 15) is 19.8 Å². The molecular weight excluding hydrogens is 438 g/mol. The highest BCUT2D eigenvalue weighted by atomic mass is 16.5. The van der Waals surface area contributed by atoms with Crippen molar-refractivity contribution in [1.82, 2.24) is 14.8 Å². The maximum atomic E-state index is 13.4. The maximum Gasteiger partial charge on any atom is 0.259 e. The highest BCUT2D eigenvalue weighted by molar-refractivity contribution is 5.97. The molecule has 0 bridgehead atoms. The molecule has 2 heterocycles. The van der Waals surface area contributed by atoms with E-state index in [1.54, 1.807) is 24.9 Å². The van der Waals surface area contributed by atoms with Crippen LogP contribution in [0.25, 0.3) is 0 Å². The first-order chi connectivity index (χ1) is 16.2. The van der Waals surface area contributed by atoms with E-state index >= 15 is 0 Å². The van der Waals surface area contributed by atoms with Gasteiger partial charge in [-0.3, -0.25) is 9.59 Å². The zero-order chi connectivity index (χ0) is 24.9. The van der Waals surface area contributed by atoms with Crippen LogP contribution in [0.5, 0.6) is 5.88 Å². The number of nitrogens with zero attached hydrogens (tertiary/aromatic N) is 3. The Bertz CT molecular complexity index is 950. The smallest absolute Gasteiger partial charge is 0.259 e. The topological polar surface area (TPSA) is 112 Å². The van der Waals surface area contributed by atoms with Gasteiger partial charge in [-0.15, -0.1) is 0 Å². The molecule has 0 radical (unpaired) electrons. The predicted molar refractivity (Wildman–Crippen MR) is 125 cm³/mol. The van der Waals surface area contributed by atoms with Crippen molar-refractivity contribution < 1.29 is 29.3 Å². The molecule has 1 aliphatic heterocycles. The quantitative estimate of drug-likeness (QED) is 0.594. The molecule has 1 aliphatic carbocycles. The molecule has 2 N–H and O–H groups in total. The van der Waals surface area contributed by atoms with Crippen LogP contribution in [0.4, 0.5) is 0 Å². The van der Waals surface area contributed by atoms with E-state index in [1.807, 2.05) is 6.92 Å². The average Bonchev–Trinajstić information content (AvgIpc) is 3.26. The van der Waals surface area contributed by atoms with Crippen LogP contribution < -0.4 is 4.74 Å². The summed E-state index contributed by atoms with van der Waals surface area (Å²) in [6.07, 6.45) is 4.24. The number of likely N-dealkylation sites (N-methyl/N-ethyl adjacent to an activating group) is 1. The standard InChI is InChI=1S/C25H35N3O6/c1-17-13-28(18(2)15-29)24(31)20-11-19(7-10-25(32)8-5-6-9-25)12-26-23(20)34-21(17)14-27(3)22(30)16-33-4/h11-12,17-18,21,29,32H,5-6,8-9,13-16H2,1-4H3/t17-,18-,21+/m0/s1. The van der Waals surface area contributed by atoms with Crippen molar-refractivity contribution in [3.05, 3.63) is 23.4 Å². The van der Waals surface area contributed by atoms with Gasteiger partial charge in [0.1, 0.15) is 23.9 Å². The number of hydrogen-bond acceptors (Lipinski definition) is 7. The Labute approximate surface area is 201 Å². The molecule has 1 saturated carbocycles. The lowest BCUT2D eigenvalue weighted by Crippen LogP contribution is -2.50. The second-order valence-corrected chi connectivity index (χ2v) is 9.40. The van der Waals surface area contributed by atoms with Gasteiger partial charge in [-0.1, -0.05) is 18.8 Å². The molecule has 3 atom stereocenters. The van der Waals surface area contributed by atoms with Crippen molar-refractivity contribution in [1.29, 1.82) is 0 Å². The Morgan fingerprint density at radius 3 is 2.79 bits per heavy atom. The van der Waals surface area contributed by atoms with E-state index in [2.05, 4.69) is 16.8 Å². The van der Waals surface area contributed by atoms with Gasteiger partial charge in [0.05, 0.1) is 19.2 Å². The number of carbonyl (C=O) groups is 2. The van der Waals surface area contributed by atoms with E-state index in [1.165, 1.54) is 18.2 Å².